The number of para-hydroxylation sites is 1. The maximum absolute atomic E-state index is 13.3. The molecular weight excluding hydrogens is 520 g/mol. The predicted molar refractivity (Wildman–Crippen MR) is 123 cm³/mol. The highest BCUT2D eigenvalue weighted by molar-refractivity contribution is 9.10. The molecular formula is C21H18Br2N2O3S. The molecule has 0 radical (unpaired) electrons. The minimum Gasteiger partial charge on any atom is -0.323 e. The minimum absolute atomic E-state index is 0.125. The zero-order valence-electron chi connectivity index (χ0n) is 15.5. The van der Waals surface area contributed by atoms with Crippen molar-refractivity contribution in [2.45, 2.75) is 11.8 Å². The summed E-state index contributed by atoms with van der Waals surface area (Å²) in [6.45, 7) is 1.52. The molecule has 150 valence electrons. The molecule has 3 aromatic carbocycles. The molecule has 0 atom stereocenters. The molecule has 1 N–H and O–H groups in total. The third-order valence-corrected chi connectivity index (χ3v) is 7.17. The zero-order chi connectivity index (χ0) is 21.0. The van der Waals surface area contributed by atoms with Gasteiger partial charge in [-0.2, -0.15) is 0 Å². The summed E-state index contributed by atoms with van der Waals surface area (Å²) < 4.78 is 29.2. The first-order chi connectivity index (χ1) is 13.8. The second-order valence-electron chi connectivity index (χ2n) is 6.33. The van der Waals surface area contributed by atoms with Crippen molar-refractivity contribution in [2.75, 3.05) is 16.2 Å². The Kier molecular flexibility index (Phi) is 6.77. The molecule has 5 nitrogen and oxygen atoms in total. The maximum atomic E-state index is 13.3. The molecule has 0 saturated carbocycles. The number of sulfonamides is 1. The van der Waals surface area contributed by atoms with Gasteiger partial charge in [-0.25, -0.2) is 8.42 Å². The van der Waals surface area contributed by atoms with Crippen LogP contribution in [0.15, 0.2) is 86.6 Å². The van der Waals surface area contributed by atoms with Crippen molar-refractivity contribution in [3.8, 4) is 0 Å². The monoisotopic (exact) mass is 536 g/mol. The molecule has 0 spiro atoms. The number of benzene rings is 3. The SMILES string of the molecule is Cc1ccc(S(=O)(=O)N(CC(=O)Nc2ccccc2Br)c2ccc(Br)cc2)cc1. The summed E-state index contributed by atoms with van der Waals surface area (Å²) in [6.07, 6.45) is 0. The molecule has 8 heteroatoms. The van der Waals surface area contributed by atoms with Crippen molar-refractivity contribution in [1.82, 2.24) is 0 Å². The first-order valence-corrected chi connectivity index (χ1v) is 11.7. The molecule has 3 aromatic rings. The number of halogens is 2. The molecule has 0 heterocycles. The minimum atomic E-state index is -3.94. The number of carbonyl (C=O) groups is 1. The van der Waals surface area contributed by atoms with E-state index < -0.39 is 15.9 Å². The number of hydrogen-bond acceptors (Lipinski definition) is 3. The van der Waals surface area contributed by atoms with E-state index in [1.54, 1.807) is 66.7 Å². The molecule has 0 fully saturated rings. The Morgan fingerprint density at radius 1 is 0.931 bits per heavy atom. The third-order valence-electron chi connectivity index (χ3n) is 4.16. The fraction of sp³-hybridized carbons (Fsp3) is 0.0952. The summed E-state index contributed by atoms with van der Waals surface area (Å²) in [5.74, 6) is -0.449. The standard InChI is InChI=1S/C21H18Br2N2O3S/c1-15-6-12-18(13-7-15)29(27,28)25(17-10-8-16(22)9-11-17)14-21(26)24-20-5-3-2-4-19(20)23/h2-13H,14H2,1H3,(H,24,26). The Morgan fingerprint density at radius 3 is 2.17 bits per heavy atom. The first kappa shape index (κ1) is 21.5. The Labute approximate surface area is 187 Å². The van der Waals surface area contributed by atoms with E-state index in [4.69, 9.17) is 0 Å². The smallest absolute Gasteiger partial charge is 0.264 e. The van der Waals surface area contributed by atoms with Crippen LogP contribution in [0.1, 0.15) is 5.56 Å². The van der Waals surface area contributed by atoms with E-state index in [2.05, 4.69) is 37.2 Å². The van der Waals surface area contributed by atoms with Gasteiger partial charge in [0.2, 0.25) is 5.91 Å². The number of nitrogens with zero attached hydrogens (tertiary/aromatic N) is 1. The summed E-state index contributed by atoms with van der Waals surface area (Å²) >= 11 is 6.72. The molecule has 3 rings (SSSR count). The maximum Gasteiger partial charge on any atom is 0.264 e. The third kappa shape index (κ3) is 5.26. The fourth-order valence-electron chi connectivity index (χ4n) is 2.64. The topological polar surface area (TPSA) is 66.5 Å². The van der Waals surface area contributed by atoms with Gasteiger partial charge >= 0.3 is 0 Å². The Hall–Kier alpha value is -2.16. The van der Waals surface area contributed by atoms with Crippen LogP contribution in [0.3, 0.4) is 0 Å². The second-order valence-corrected chi connectivity index (χ2v) is 9.96. The Balaban J connectivity index is 1.95. The summed E-state index contributed by atoms with van der Waals surface area (Å²) in [7, 11) is -3.94. The second kappa shape index (κ2) is 9.11. The van der Waals surface area contributed by atoms with Crippen LogP contribution in [-0.4, -0.2) is 20.9 Å². The molecule has 0 aliphatic heterocycles. The number of carbonyl (C=O) groups excluding carboxylic acids is 1. The molecule has 0 bridgehead atoms. The van der Waals surface area contributed by atoms with Crippen LogP contribution in [0, 0.1) is 6.92 Å². The summed E-state index contributed by atoms with van der Waals surface area (Å²) in [5, 5.41) is 2.75. The van der Waals surface area contributed by atoms with Gasteiger partial charge in [0.05, 0.1) is 16.3 Å². The first-order valence-electron chi connectivity index (χ1n) is 8.67. The zero-order valence-corrected chi connectivity index (χ0v) is 19.5. The van der Waals surface area contributed by atoms with E-state index >= 15 is 0 Å². The molecule has 0 aliphatic rings. The fourth-order valence-corrected chi connectivity index (χ4v) is 4.71. The van der Waals surface area contributed by atoms with Gasteiger partial charge in [-0.05, 0) is 71.4 Å². The normalized spacial score (nSPS) is 11.1. The average Bonchev–Trinajstić information content (AvgIpc) is 2.69. The van der Waals surface area contributed by atoms with E-state index in [0.717, 1.165) is 14.3 Å². The Bertz CT molecular complexity index is 1120. The highest BCUT2D eigenvalue weighted by Crippen LogP contribution is 2.26. The quantitative estimate of drug-likeness (QED) is 0.460. The number of aryl methyl sites for hydroxylation is 1. The van der Waals surface area contributed by atoms with Crippen LogP contribution < -0.4 is 9.62 Å². The van der Waals surface area contributed by atoms with Crippen molar-refractivity contribution in [1.29, 1.82) is 0 Å². The van der Waals surface area contributed by atoms with Crippen molar-refractivity contribution in [3.63, 3.8) is 0 Å². The number of anilines is 2. The van der Waals surface area contributed by atoms with E-state index in [1.165, 1.54) is 0 Å². The number of rotatable bonds is 6. The van der Waals surface area contributed by atoms with Gasteiger partial charge in [-0.15, -0.1) is 0 Å². The lowest BCUT2D eigenvalue weighted by Crippen LogP contribution is -2.38. The van der Waals surface area contributed by atoms with Crippen LogP contribution in [0.2, 0.25) is 0 Å². The lowest BCUT2D eigenvalue weighted by Gasteiger charge is -2.24. The highest BCUT2D eigenvalue weighted by Gasteiger charge is 2.27. The van der Waals surface area contributed by atoms with Crippen molar-refractivity contribution >= 4 is 59.2 Å². The molecule has 0 aromatic heterocycles. The molecule has 0 unspecified atom stereocenters. The average molecular weight is 538 g/mol. The van der Waals surface area contributed by atoms with Gasteiger partial charge in [0.1, 0.15) is 6.54 Å². The van der Waals surface area contributed by atoms with Gasteiger partial charge < -0.3 is 5.32 Å². The van der Waals surface area contributed by atoms with Gasteiger partial charge in [0.25, 0.3) is 10.0 Å². The van der Waals surface area contributed by atoms with Gasteiger partial charge in [-0.3, -0.25) is 9.10 Å². The van der Waals surface area contributed by atoms with Crippen LogP contribution in [0.5, 0.6) is 0 Å². The largest absolute Gasteiger partial charge is 0.323 e. The van der Waals surface area contributed by atoms with Crippen molar-refractivity contribution < 1.29 is 13.2 Å². The van der Waals surface area contributed by atoms with E-state index in [-0.39, 0.29) is 11.4 Å². The summed E-state index contributed by atoms with van der Waals surface area (Å²) in [4.78, 5) is 12.8. The Morgan fingerprint density at radius 2 is 1.55 bits per heavy atom. The molecule has 0 aliphatic carbocycles. The summed E-state index contributed by atoms with van der Waals surface area (Å²) in [5.41, 5.74) is 1.92. The van der Waals surface area contributed by atoms with Crippen molar-refractivity contribution in [2.24, 2.45) is 0 Å². The molecule has 29 heavy (non-hydrogen) atoms. The van der Waals surface area contributed by atoms with Crippen LogP contribution >= 0.6 is 31.9 Å². The number of hydrogen-bond donors (Lipinski definition) is 1. The van der Waals surface area contributed by atoms with Crippen LogP contribution in [0.25, 0.3) is 0 Å². The highest BCUT2D eigenvalue weighted by atomic mass is 79.9. The van der Waals surface area contributed by atoms with E-state index in [9.17, 15) is 13.2 Å². The lowest BCUT2D eigenvalue weighted by molar-refractivity contribution is -0.114. The van der Waals surface area contributed by atoms with E-state index in [0.29, 0.717) is 15.8 Å². The predicted octanol–water partition coefficient (Wildman–Crippen LogP) is 5.35. The van der Waals surface area contributed by atoms with Gasteiger partial charge in [-0.1, -0.05) is 45.8 Å². The molecule has 1 amide bonds. The van der Waals surface area contributed by atoms with Gasteiger partial charge in [0.15, 0.2) is 0 Å². The van der Waals surface area contributed by atoms with Crippen LogP contribution in [0.4, 0.5) is 11.4 Å². The lowest BCUT2D eigenvalue weighted by atomic mass is 10.2. The van der Waals surface area contributed by atoms with Gasteiger partial charge in [0, 0.05) is 8.95 Å². The molecule has 0 saturated heterocycles. The van der Waals surface area contributed by atoms with Crippen molar-refractivity contribution in [3.05, 3.63) is 87.3 Å². The van der Waals surface area contributed by atoms with Crippen LogP contribution in [-0.2, 0) is 14.8 Å². The number of amides is 1. The summed E-state index contributed by atoms with van der Waals surface area (Å²) in [6, 6.07) is 20.5. The number of nitrogens with one attached hydrogen (secondary N) is 1. The van der Waals surface area contributed by atoms with E-state index in [1.807, 2.05) is 13.0 Å².